The molecule has 108 valence electrons. The van der Waals surface area contributed by atoms with Gasteiger partial charge in [0.1, 0.15) is 6.29 Å². The van der Waals surface area contributed by atoms with Crippen molar-refractivity contribution in [1.82, 2.24) is 0 Å². The van der Waals surface area contributed by atoms with Crippen molar-refractivity contribution >= 4 is 32.1 Å². The summed E-state index contributed by atoms with van der Waals surface area (Å²) in [6, 6.07) is 15.8. The third-order valence-corrected chi connectivity index (χ3v) is 6.63. The van der Waals surface area contributed by atoms with Crippen LogP contribution in [0.1, 0.15) is 11.5 Å². The summed E-state index contributed by atoms with van der Waals surface area (Å²) in [6.45, 7) is 0. The summed E-state index contributed by atoms with van der Waals surface area (Å²) in [5.41, 5.74) is 0.889. The Hall–Kier alpha value is -1.46. The molecule has 1 saturated carbocycles. The predicted octanol–water partition coefficient (Wildman–Crippen LogP) is 3.20. The highest BCUT2D eigenvalue weighted by Crippen LogP contribution is 2.52. The first-order valence-electron chi connectivity index (χ1n) is 6.55. The molecule has 0 spiro atoms. The number of carbonyl (C=O) groups excluding carboxylic acids is 1. The van der Waals surface area contributed by atoms with Gasteiger partial charge in [-0.05, 0) is 29.8 Å². The van der Waals surface area contributed by atoms with Crippen LogP contribution in [-0.2, 0) is 14.6 Å². The molecule has 0 radical (unpaired) electrons. The highest BCUT2D eigenvalue weighted by Gasteiger charge is 2.58. The molecular weight excluding hydrogens is 352 g/mol. The molecule has 0 N–H and O–H groups in total. The maximum Gasteiger partial charge on any atom is 0.182 e. The van der Waals surface area contributed by atoms with Crippen molar-refractivity contribution in [3.63, 3.8) is 0 Å². The fourth-order valence-corrected chi connectivity index (χ4v) is 5.13. The number of halogens is 1. The molecule has 3 rings (SSSR count). The van der Waals surface area contributed by atoms with Gasteiger partial charge >= 0.3 is 0 Å². The van der Waals surface area contributed by atoms with Crippen LogP contribution in [0, 0.1) is 5.92 Å². The van der Waals surface area contributed by atoms with Gasteiger partial charge in [-0.25, -0.2) is 8.42 Å². The third-order valence-electron chi connectivity index (χ3n) is 3.85. The largest absolute Gasteiger partial charge is 0.303 e. The lowest BCUT2D eigenvalue weighted by Gasteiger charge is -2.04. The van der Waals surface area contributed by atoms with Crippen molar-refractivity contribution in [1.29, 1.82) is 0 Å². The summed E-state index contributed by atoms with van der Waals surface area (Å²) in [5, 5.41) is -0.654. The Kier molecular flexibility index (Phi) is 3.71. The first-order valence-corrected chi connectivity index (χ1v) is 8.89. The highest BCUT2D eigenvalue weighted by molar-refractivity contribution is 9.10. The third kappa shape index (κ3) is 2.56. The van der Waals surface area contributed by atoms with E-state index >= 15 is 0 Å². The molecule has 21 heavy (non-hydrogen) atoms. The molecule has 0 saturated heterocycles. The minimum Gasteiger partial charge on any atom is -0.303 e. The minimum atomic E-state index is -3.48. The van der Waals surface area contributed by atoms with E-state index in [1.807, 2.05) is 24.3 Å². The van der Waals surface area contributed by atoms with Crippen LogP contribution >= 0.6 is 15.9 Å². The van der Waals surface area contributed by atoms with Gasteiger partial charge in [0.15, 0.2) is 9.84 Å². The van der Waals surface area contributed by atoms with Gasteiger partial charge in [-0.2, -0.15) is 0 Å². The number of aldehydes is 1. The molecule has 2 aromatic rings. The number of benzene rings is 2. The Balaban J connectivity index is 1.96. The summed E-state index contributed by atoms with van der Waals surface area (Å²) in [7, 11) is -3.48. The maximum absolute atomic E-state index is 12.6. The van der Waals surface area contributed by atoms with Crippen LogP contribution in [0.15, 0.2) is 64.0 Å². The second-order valence-electron chi connectivity index (χ2n) is 5.11. The average Bonchev–Trinajstić information content (AvgIpc) is 3.24. The standard InChI is InChI=1S/C16H13BrO3S/c17-12-8-6-11(7-9-12)15-14(10-18)16(15)21(19,20)13-4-2-1-3-5-13/h1-10,14-16H/t14-,15-,16-/m1/s1. The van der Waals surface area contributed by atoms with Gasteiger partial charge in [-0.3, -0.25) is 0 Å². The Morgan fingerprint density at radius 1 is 0.952 bits per heavy atom. The molecule has 1 aliphatic rings. The van der Waals surface area contributed by atoms with Crippen molar-refractivity contribution in [2.45, 2.75) is 16.1 Å². The molecule has 1 aliphatic carbocycles. The lowest BCUT2D eigenvalue weighted by molar-refractivity contribution is -0.108. The molecule has 0 bridgehead atoms. The summed E-state index contributed by atoms with van der Waals surface area (Å²) < 4.78 is 26.2. The van der Waals surface area contributed by atoms with E-state index in [9.17, 15) is 13.2 Å². The van der Waals surface area contributed by atoms with Gasteiger partial charge in [0.05, 0.1) is 10.1 Å². The van der Waals surface area contributed by atoms with E-state index in [0.717, 1.165) is 16.3 Å². The van der Waals surface area contributed by atoms with E-state index in [2.05, 4.69) is 15.9 Å². The Bertz CT molecular complexity index is 754. The molecule has 3 atom stereocenters. The minimum absolute atomic E-state index is 0.249. The normalized spacial score (nSPS) is 24.5. The summed E-state index contributed by atoms with van der Waals surface area (Å²) in [6.07, 6.45) is 0.762. The Morgan fingerprint density at radius 3 is 2.14 bits per heavy atom. The zero-order valence-corrected chi connectivity index (χ0v) is 13.4. The van der Waals surface area contributed by atoms with E-state index in [4.69, 9.17) is 0 Å². The molecule has 2 aromatic carbocycles. The first kappa shape index (κ1) is 14.5. The van der Waals surface area contributed by atoms with Crippen LogP contribution in [0.2, 0.25) is 0 Å². The van der Waals surface area contributed by atoms with Crippen molar-refractivity contribution in [3.8, 4) is 0 Å². The van der Waals surface area contributed by atoms with Gasteiger partial charge in [0.25, 0.3) is 0 Å². The van der Waals surface area contributed by atoms with E-state index in [1.54, 1.807) is 30.3 Å². The number of rotatable bonds is 4. The Labute approximate surface area is 132 Å². The molecular formula is C16H13BrO3S. The fraction of sp³-hybridized carbons (Fsp3) is 0.188. The predicted molar refractivity (Wildman–Crippen MR) is 83.9 cm³/mol. The quantitative estimate of drug-likeness (QED) is 0.782. The molecule has 0 aromatic heterocycles. The van der Waals surface area contributed by atoms with E-state index in [0.29, 0.717) is 0 Å². The number of sulfone groups is 1. The van der Waals surface area contributed by atoms with E-state index in [-0.39, 0.29) is 10.8 Å². The van der Waals surface area contributed by atoms with Gasteiger partial charge in [-0.1, -0.05) is 46.3 Å². The van der Waals surface area contributed by atoms with Crippen LogP contribution in [0.4, 0.5) is 0 Å². The van der Waals surface area contributed by atoms with Crippen LogP contribution in [0.5, 0.6) is 0 Å². The van der Waals surface area contributed by atoms with E-state index < -0.39 is 21.0 Å². The topological polar surface area (TPSA) is 51.2 Å². The zero-order chi connectivity index (χ0) is 15.0. The van der Waals surface area contributed by atoms with Crippen LogP contribution in [-0.4, -0.2) is 20.0 Å². The summed E-state index contributed by atoms with van der Waals surface area (Å²) >= 11 is 3.35. The molecule has 0 amide bonds. The fourth-order valence-electron chi connectivity index (χ4n) is 2.73. The monoisotopic (exact) mass is 364 g/mol. The average molecular weight is 365 g/mol. The summed E-state index contributed by atoms with van der Waals surface area (Å²) in [5.74, 6) is -0.711. The van der Waals surface area contributed by atoms with Crippen LogP contribution in [0.3, 0.4) is 0 Å². The smallest absolute Gasteiger partial charge is 0.182 e. The van der Waals surface area contributed by atoms with Crippen molar-refractivity contribution in [3.05, 3.63) is 64.6 Å². The number of hydrogen-bond acceptors (Lipinski definition) is 3. The van der Waals surface area contributed by atoms with Gasteiger partial charge in [0, 0.05) is 16.3 Å². The lowest BCUT2D eigenvalue weighted by atomic mass is 10.1. The molecule has 3 nitrogen and oxygen atoms in total. The number of hydrogen-bond donors (Lipinski definition) is 0. The molecule has 0 heterocycles. The molecule has 0 aliphatic heterocycles. The molecule has 0 unspecified atom stereocenters. The molecule has 1 fully saturated rings. The van der Waals surface area contributed by atoms with Crippen molar-refractivity contribution in [2.75, 3.05) is 0 Å². The van der Waals surface area contributed by atoms with Gasteiger partial charge in [0.2, 0.25) is 0 Å². The van der Waals surface area contributed by atoms with Crippen LogP contribution < -0.4 is 0 Å². The Morgan fingerprint density at radius 2 is 1.57 bits per heavy atom. The lowest BCUT2D eigenvalue weighted by Crippen LogP contribution is -2.10. The molecule has 5 heteroatoms. The van der Waals surface area contributed by atoms with Crippen LogP contribution in [0.25, 0.3) is 0 Å². The van der Waals surface area contributed by atoms with Gasteiger partial charge < -0.3 is 4.79 Å². The SMILES string of the molecule is O=C[C@@H]1[C@@H](c2ccc(Br)cc2)[C@@H]1S(=O)(=O)c1ccccc1. The summed E-state index contributed by atoms with van der Waals surface area (Å²) in [4.78, 5) is 11.5. The van der Waals surface area contributed by atoms with Crippen molar-refractivity contribution < 1.29 is 13.2 Å². The van der Waals surface area contributed by atoms with Gasteiger partial charge in [-0.15, -0.1) is 0 Å². The number of carbonyl (C=O) groups is 1. The highest BCUT2D eigenvalue weighted by atomic mass is 79.9. The maximum atomic E-state index is 12.6. The van der Waals surface area contributed by atoms with E-state index in [1.165, 1.54) is 0 Å². The zero-order valence-electron chi connectivity index (χ0n) is 11.0. The first-order chi connectivity index (χ1) is 10.1. The second kappa shape index (κ2) is 5.39. The second-order valence-corrected chi connectivity index (χ2v) is 8.13. The van der Waals surface area contributed by atoms with Crippen molar-refractivity contribution in [2.24, 2.45) is 5.92 Å².